The van der Waals surface area contributed by atoms with Gasteiger partial charge in [-0.15, -0.1) is 0 Å². The van der Waals surface area contributed by atoms with Crippen LogP contribution in [0.3, 0.4) is 0 Å². The Hall–Kier alpha value is -2.69. The number of rotatable bonds is 11. The van der Waals surface area contributed by atoms with Gasteiger partial charge in [0.2, 0.25) is 28.6 Å². The van der Waals surface area contributed by atoms with E-state index in [1.54, 1.807) is 37.3 Å². The van der Waals surface area contributed by atoms with Crippen molar-refractivity contribution in [3.63, 3.8) is 0 Å². The quantitative estimate of drug-likeness (QED) is 0.433. The molecule has 1 atom stereocenters. The van der Waals surface area contributed by atoms with Gasteiger partial charge in [0.1, 0.15) is 12.6 Å². The monoisotopic (exact) mass is 571 g/mol. The fourth-order valence-corrected chi connectivity index (χ4v) is 5.27. The minimum absolute atomic E-state index is 0.0266. The number of anilines is 1. The molecule has 9 nitrogen and oxygen atoms in total. The van der Waals surface area contributed by atoms with Crippen LogP contribution >= 0.6 is 23.2 Å². The Morgan fingerprint density at radius 3 is 2.35 bits per heavy atom. The molecule has 2 amide bonds. The number of benzene rings is 2. The molecule has 0 fully saturated rings. The minimum Gasteiger partial charge on any atom is -0.454 e. The third-order valence-corrected chi connectivity index (χ3v) is 8.26. The molecule has 0 radical (unpaired) electrons. The third-order valence-electron chi connectivity index (χ3n) is 5.78. The van der Waals surface area contributed by atoms with Crippen molar-refractivity contribution in [3.8, 4) is 11.5 Å². The van der Waals surface area contributed by atoms with Crippen LogP contribution in [0.5, 0.6) is 11.5 Å². The van der Waals surface area contributed by atoms with Crippen LogP contribution < -0.4 is 19.1 Å². The second-order valence-corrected chi connectivity index (χ2v) is 11.8. The molecule has 0 bridgehead atoms. The standard InChI is InChI=1S/C25H31Cl2N3O6S/c1-5-21(25(32)28-16(3)4)29(13-17-7-9-19(26)20(27)11-17)24(31)14-30(37(33,34)6-2)18-8-10-22-23(12-18)36-15-35-22/h7-12,16,21H,5-6,13-15H2,1-4H3,(H,28,32)/t21-/m1/s1. The molecule has 1 aliphatic heterocycles. The highest BCUT2D eigenvalue weighted by Crippen LogP contribution is 2.36. The Bertz CT molecular complexity index is 1250. The molecule has 0 spiro atoms. The third kappa shape index (κ3) is 7.00. The Labute approximate surface area is 227 Å². The summed E-state index contributed by atoms with van der Waals surface area (Å²) in [7, 11) is -3.87. The highest BCUT2D eigenvalue weighted by atomic mass is 35.5. The molecule has 1 heterocycles. The lowest BCUT2D eigenvalue weighted by Crippen LogP contribution is -2.53. The van der Waals surface area contributed by atoms with Crippen molar-refractivity contribution in [2.45, 2.75) is 52.7 Å². The fraction of sp³-hybridized carbons (Fsp3) is 0.440. The highest BCUT2D eigenvalue weighted by Gasteiger charge is 2.33. The Morgan fingerprint density at radius 2 is 1.73 bits per heavy atom. The predicted octanol–water partition coefficient (Wildman–Crippen LogP) is 4.21. The zero-order chi connectivity index (χ0) is 27.3. The lowest BCUT2D eigenvalue weighted by Gasteiger charge is -2.33. The van der Waals surface area contributed by atoms with Crippen molar-refractivity contribution in [1.29, 1.82) is 0 Å². The van der Waals surface area contributed by atoms with Crippen LogP contribution in [0.15, 0.2) is 36.4 Å². The van der Waals surface area contributed by atoms with Gasteiger partial charge in [0, 0.05) is 18.7 Å². The average molecular weight is 573 g/mol. The van der Waals surface area contributed by atoms with Gasteiger partial charge in [0.15, 0.2) is 11.5 Å². The molecular formula is C25H31Cl2N3O6S. The second kappa shape index (κ2) is 12.2. The minimum atomic E-state index is -3.87. The summed E-state index contributed by atoms with van der Waals surface area (Å²) in [5, 5.41) is 3.51. The molecule has 0 aliphatic carbocycles. The SMILES string of the molecule is CC[C@H](C(=O)NC(C)C)N(Cc1ccc(Cl)c(Cl)c1)C(=O)CN(c1ccc2c(c1)OCO2)S(=O)(=O)CC. The summed E-state index contributed by atoms with van der Waals surface area (Å²) in [4.78, 5) is 28.2. The maximum atomic E-state index is 13.8. The van der Waals surface area contributed by atoms with E-state index in [9.17, 15) is 18.0 Å². The molecule has 2 aromatic rings. The van der Waals surface area contributed by atoms with Crippen molar-refractivity contribution < 1.29 is 27.5 Å². The summed E-state index contributed by atoms with van der Waals surface area (Å²) in [5.74, 6) is -0.240. The fourth-order valence-electron chi connectivity index (χ4n) is 3.90. The highest BCUT2D eigenvalue weighted by molar-refractivity contribution is 7.92. The van der Waals surface area contributed by atoms with Gasteiger partial charge in [0.05, 0.1) is 21.5 Å². The number of carbonyl (C=O) groups is 2. The Kier molecular flexibility index (Phi) is 9.55. The van der Waals surface area contributed by atoms with E-state index in [4.69, 9.17) is 32.7 Å². The second-order valence-electron chi connectivity index (χ2n) is 8.80. The first kappa shape index (κ1) is 28.9. The van der Waals surface area contributed by atoms with Gasteiger partial charge in [-0.3, -0.25) is 13.9 Å². The molecule has 12 heteroatoms. The molecule has 1 aliphatic rings. The predicted molar refractivity (Wildman–Crippen MR) is 144 cm³/mol. The number of hydrogen-bond donors (Lipinski definition) is 1. The first-order valence-corrected chi connectivity index (χ1v) is 14.3. The summed E-state index contributed by atoms with van der Waals surface area (Å²) < 4.78 is 37.9. The van der Waals surface area contributed by atoms with Gasteiger partial charge in [0.25, 0.3) is 0 Å². The zero-order valence-corrected chi connectivity index (χ0v) is 23.5. The normalized spacial score (nSPS) is 13.4. The lowest BCUT2D eigenvalue weighted by atomic mass is 10.1. The number of carbonyl (C=O) groups excluding carboxylic acids is 2. The Morgan fingerprint density at radius 1 is 1.03 bits per heavy atom. The maximum absolute atomic E-state index is 13.8. The molecular weight excluding hydrogens is 541 g/mol. The van der Waals surface area contributed by atoms with E-state index in [-0.39, 0.29) is 36.7 Å². The van der Waals surface area contributed by atoms with Gasteiger partial charge in [-0.2, -0.15) is 0 Å². The van der Waals surface area contributed by atoms with Crippen LogP contribution in [0.2, 0.25) is 10.0 Å². The largest absolute Gasteiger partial charge is 0.454 e. The smallest absolute Gasteiger partial charge is 0.244 e. The van der Waals surface area contributed by atoms with Crippen LogP contribution in [0.25, 0.3) is 0 Å². The average Bonchev–Trinajstić information content (AvgIpc) is 3.31. The molecule has 3 rings (SSSR count). The van der Waals surface area contributed by atoms with E-state index in [0.29, 0.717) is 33.5 Å². The molecule has 0 saturated carbocycles. The summed E-state index contributed by atoms with van der Waals surface area (Å²) in [6.45, 7) is 6.48. The number of amides is 2. The number of hydrogen-bond acceptors (Lipinski definition) is 6. The van der Waals surface area contributed by atoms with Gasteiger partial charge in [-0.25, -0.2) is 8.42 Å². The van der Waals surface area contributed by atoms with Crippen LogP contribution in [-0.2, 0) is 26.2 Å². The zero-order valence-electron chi connectivity index (χ0n) is 21.2. The Balaban J connectivity index is 1.99. The van der Waals surface area contributed by atoms with Crippen molar-refractivity contribution in [1.82, 2.24) is 10.2 Å². The van der Waals surface area contributed by atoms with Crippen molar-refractivity contribution >= 4 is 50.7 Å². The molecule has 2 aromatic carbocycles. The summed E-state index contributed by atoms with van der Waals surface area (Å²) in [6.07, 6.45) is 0.316. The van der Waals surface area contributed by atoms with Crippen molar-refractivity contribution in [2.24, 2.45) is 0 Å². The lowest BCUT2D eigenvalue weighted by molar-refractivity contribution is -0.140. The van der Waals surface area contributed by atoms with E-state index in [1.165, 1.54) is 17.9 Å². The summed E-state index contributed by atoms with van der Waals surface area (Å²) in [5.41, 5.74) is 0.903. The van der Waals surface area contributed by atoms with Gasteiger partial charge in [-0.1, -0.05) is 36.2 Å². The van der Waals surface area contributed by atoms with E-state index < -0.39 is 28.5 Å². The topological polar surface area (TPSA) is 105 Å². The van der Waals surface area contributed by atoms with Crippen molar-refractivity contribution in [2.75, 3.05) is 23.4 Å². The first-order valence-electron chi connectivity index (χ1n) is 11.9. The number of halogens is 2. The molecule has 1 N–H and O–H groups in total. The van der Waals surface area contributed by atoms with Gasteiger partial charge < -0.3 is 19.7 Å². The number of nitrogens with one attached hydrogen (secondary N) is 1. The van der Waals surface area contributed by atoms with E-state index in [0.717, 1.165) is 4.31 Å². The molecule has 0 aromatic heterocycles. The van der Waals surface area contributed by atoms with E-state index in [2.05, 4.69) is 5.32 Å². The molecule has 37 heavy (non-hydrogen) atoms. The van der Waals surface area contributed by atoms with Gasteiger partial charge in [-0.05, 0) is 57.0 Å². The first-order chi connectivity index (χ1) is 17.5. The van der Waals surface area contributed by atoms with Crippen LogP contribution in [-0.4, -0.2) is 56.3 Å². The van der Waals surface area contributed by atoms with Crippen LogP contribution in [0, 0.1) is 0 Å². The molecule has 0 unspecified atom stereocenters. The van der Waals surface area contributed by atoms with Gasteiger partial charge >= 0.3 is 0 Å². The number of sulfonamides is 1. The number of ether oxygens (including phenoxy) is 2. The van der Waals surface area contributed by atoms with E-state index >= 15 is 0 Å². The summed E-state index contributed by atoms with van der Waals surface area (Å²) in [6, 6.07) is 8.63. The summed E-state index contributed by atoms with van der Waals surface area (Å²) >= 11 is 12.2. The molecule has 202 valence electrons. The van der Waals surface area contributed by atoms with Crippen molar-refractivity contribution in [3.05, 3.63) is 52.0 Å². The number of nitrogens with zero attached hydrogens (tertiary/aromatic N) is 2. The van der Waals surface area contributed by atoms with E-state index in [1.807, 2.05) is 13.8 Å². The number of fused-ring (bicyclic) bond motifs is 1. The molecule has 0 saturated heterocycles. The maximum Gasteiger partial charge on any atom is 0.244 e. The van der Waals surface area contributed by atoms with Crippen LogP contribution in [0.1, 0.15) is 39.7 Å². The van der Waals surface area contributed by atoms with Crippen LogP contribution in [0.4, 0.5) is 5.69 Å².